The summed E-state index contributed by atoms with van der Waals surface area (Å²) in [6, 6.07) is 85.2. The Morgan fingerprint density at radius 3 is 1.38 bits per heavy atom. The molecule has 0 aliphatic carbocycles. The SMILES string of the molecule is c1ccc(-c2nc(-c3ccccc3)nc(-c3cc(-c4ccc(-c5ccccc5)c(-c5ccccc5)c4)ccc3-c3ccc4c(c3)oc3cc5c6ccccc6n(-c6ccccc6)c5cc34)n2)cc1. The zero-order valence-corrected chi connectivity index (χ0v) is 36.8. The predicted octanol–water partition coefficient (Wildman–Crippen LogP) is 16.5. The van der Waals surface area contributed by atoms with E-state index in [2.05, 4.69) is 187 Å². The van der Waals surface area contributed by atoms with Gasteiger partial charge in [0, 0.05) is 43.9 Å². The molecule has 10 aromatic carbocycles. The molecule has 0 atom stereocenters. The van der Waals surface area contributed by atoms with Crippen LogP contribution in [0.4, 0.5) is 0 Å². The predicted molar refractivity (Wildman–Crippen MR) is 279 cm³/mol. The van der Waals surface area contributed by atoms with Gasteiger partial charge in [0.25, 0.3) is 0 Å². The van der Waals surface area contributed by atoms with E-state index in [4.69, 9.17) is 19.4 Å². The lowest BCUT2D eigenvalue weighted by molar-refractivity contribution is 0.669. The molecule has 0 amide bonds. The summed E-state index contributed by atoms with van der Waals surface area (Å²) in [7, 11) is 0. The Balaban J connectivity index is 1.02. The molecular formula is C63H40N4O. The Morgan fingerprint density at radius 2 is 0.750 bits per heavy atom. The van der Waals surface area contributed by atoms with Gasteiger partial charge in [0.05, 0.1) is 11.0 Å². The molecule has 3 heterocycles. The van der Waals surface area contributed by atoms with Gasteiger partial charge in [-0.25, -0.2) is 15.0 Å². The third-order valence-corrected chi connectivity index (χ3v) is 13.1. The molecule has 318 valence electrons. The maximum atomic E-state index is 6.83. The highest BCUT2D eigenvalue weighted by Gasteiger charge is 2.21. The second-order valence-electron chi connectivity index (χ2n) is 17.2. The van der Waals surface area contributed by atoms with Gasteiger partial charge in [-0.15, -0.1) is 0 Å². The minimum absolute atomic E-state index is 0.583. The van der Waals surface area contributed by atoms with E-state index in [0.29, 0.717) is 17.5 Å². The van der Waals surface area contributed by atoms with Gasteiger partial charge in [-0.2, -0.15) is 0 Å². The number of benzene rings is 10. The van der Waals surface area contributed by atoms with Crippen molar-refractivity contribution >= 4 is 43.7 Å². The standard InChI is InChI=1S/C63H40N4O/c1-6-18-41(19-7-1)49-33-30-45(36-53(49)42-20-8-2-9-21-42)46-31-34-50(56(37-46)63-65-61(43-22-10-3-11-23-43)64-62(66-63)44-24-12-4-13-25-44)47-32-35-52-55-39-58-54(40-60(55)68-59(52)38-47)51-28-16-17-29-57(51)67(58)48-26-14-5-15-27-48/h1-40H. The quantitative estimate of drug-likeness (QED) is 0.153. The maximum absolute atomic E-state index is 6.83. The van der Waals surface area contributed by atoms with Crippen molar-refractivity contribution in [2.45, 2.75) is 0 Å². The van der Waals surface area contributed by atoms with Gasteiger partial charge in [-0.05, 0) is 99.1 Å². The molecule has 0 saturated carbocycles. The van der Waals surface area contributed by atoms with Gasteiger partial charge in [0.2, 0.25) is 0 Å². The van der Waals surface area contributed by atoms with Crippen LogP contribution in [0.2, 0.25) is 0 Å². The molecule has 13 aromatic rings. The summed E-state index contributed by atoms with van der Waals surface area (Å²) in [6.45, 7) is 0. The molecule has 5 nitrogen and oxygen atoms in total. The lowest BCUT2D eigenvalue weighted by atomic mass is 9.89. The zero-order chi connectivity index (χ0) is 45.0. The van der Waals surface area contributed by atoms with Crippen LogP contribution in [-0.2, 0) is 0 Å². The first-order chi connectivity index (χ1) is 33.7. The Bertz CT molecular complexity index is 3940. The maximum Gasteiger partial charge on any atom is 0.164 e. The summed E-state index contributed by atoms with van der Waals surface area (Å²) in [6.07, 6.45) is 0. The highest BCUT2D eigenvalue weighted by Crippen LogP contribution is 2.43. The Labute approximate surface area is 392 Å². The first-order valence-electron chi connectivity index (χ1n) is 22.9. The normalized spacial score (nSPS) is 11.5. The van der Waals surface area contributed by atoms with Gasteiger partial charge in [-0.3, -0.25) is 0 Å². The molecule has 0 unspecified atom stereocenters. The van der Waals surface area contributed by atoms with E-state index in [-0.39, 0.29) is 0 Å². The Kier molecular flexibility index (Phi) is 9.43. The molecule has 13 rings (SSSR count). The Hall–Kier alpha value is -9.19. The molecular weight excluding hydrogens is 829 g/mol. The van der Waals surface area contributed by atoms with Crippen molar-refractivity contribution in [3.8, 4) is 84.4 Å². The van der Waals surface area contributed by atoms with Crippen LogP contribution in [0, 0.1) is 0 Å². The van der Waals surface area contributed by atoms with Crippen LogP contribution >= 0.6 is 0 Å². The minimum Gasteiger partial charge on any atom is -0.456 e. The molecule has 0 radical (unpaired) electrons. The van der Waals surface area contributed by atoms with Crippen molar-refractivity contribution < 1.29 is 4.42 Å². The molecule has 0 fully saturated rings. The summed E-state index contributed by atoms with van der Waals surface area (Å²) in [5.41, 5.74) is 16.6. The van der Waals surface area contributed by atoms with Crippen molar-refractivity contribution in [1.29, 1.82) is 0 Å². The van der Waals surface area contributed by atoms with E-state index >= 15 is 0 Å². The van der Waals surface area contributed by atoms with Crippen LogP contribution in [0.5, 0.6) is 0 Å². The number of fused-ring (bicyclic) bond motifs is 6. The van der Waals surface area contributed by atoms with E-state index in [0.717, 1.165) is 94.1 Å². The fourth-order valence-corrected chi connectivity index (χ4v) is 9.80. The fourth-order valence-electron chi connectivity index (χ4n) is 9.80. The van der Waals surface area contributed by atoms with Crippen molar-refractivity contribution in [2.24, 2.45) is 0 Å². The monoisotopic (exact) mass is 868 g/mol. The third-order valence-electron chi connectivity index (χ3n) is 13.1. The van der Waals surface area contributed by atoms with E-state index in [1.54, 1.807) is 0 Å². The number of rotatable bonds is 8. The minimum atomic E-state index is 0.583. The highest BCUT2D eigenvalue weighted by molar-refractivity contribution is 6.17. The van der Waals surface area contributed by atoms with E-state index in [1.165, 1.54) is 16.5 Å². The molecule has 0 aliphatic heterocycles. The number of aromatic nitrogens is 4. The van der Waals surface area contributed by atoms with Gasteiger partial charge in [-0.1, -0.05) is 188 Å². The largest absolute Gasteiger partial charge is 0.456 e. The highest BCUT2D eigenvalue weighted by atomic mass is 16.3. The molecule has 0 N–H and O–H groups in total. The number of hydrogen-bond donors (Lipinski definition) is 0. The smallest absolute Gasteiger partial charge is 0.164 e. The van der Waals surface area contributed by atoms with Crippen LogP contribution in [0.3, 0.4) is 0 Å². The molecule has 5 heteroatoms. The summed E-state index contributed by atoms with van der Waals surface area (Å²) in [5, 5.41) is 4.46. The fraction of sp³-hybridized carbons (Fsp3) is 0. The van der Waals surface area contributed by atoms with Crippen molar-refractivity contribution in [2.75, 3.05) is 0 Å². The zero-order valence-electron chi connectivity index (χ0n) is 36.8. The Morgan fingerprint density at radius 1 is 0.265 bits per heavy atom. The summed E-state index contributed by atoms with van der Waals surface area (Å²) in [5.74, 6) is 1.80. The average Bonchev–Trinajstić information content (AvgIpc) is 3.95. The lowest BCUT2D eigenvalue weighted by Gasteiger charge is -2.16. The molecule has 3 aromatic heterocycles. The van der Waals surface area contributed by atoms with Crippen LogP contribution in [0.25, 0.3) is 128 Å². The topological polar surface area (TPSA) is 56.7 Å². The second-order valence-corrected chi connectivity index (χ2v) is 17.2. The summed E-state index contributed by atoms with van der Waals surface area (Å²) in [4.78, 5) is 15.6. The average molecular weight is 869 g/mol. The number of hydrogen-bond acceptors (Lipinski definition) is 4. The number of nitrogens with zero attached hydrogens (tertiary/aromatic N) is 4. The molecule has 68 heavy (non-hydrogen) atoms. The molecule has 0 bridgehead atoms. The number of para-hydroxylation sites is 2. The van der Waals surface area contributed by atoms with Gasteiger partial charge >= 0.3 is 0 Å². The molecule has 0 aliphatic rings. The van der Waals surface area contributed by atoms with E-state index < -0.39 is 0 Å². The van der Waals surface area contributed by atoms with Gasteiger partial charge in [0.1, 0.15) is 11.2 Å². The summed E-state index contributed by atoms with van der Waals surface area (Å²) < 4.78 is 9.18. The molecule has 0 saturated heterocycles. The molecule has 0 spiro atoms. The van der Waals surface area contributed by atoms with E-state index in [1.807, 2.05) is 60.7 Å². The number of furan rings is 1. The summed E-state index contributed by atoms with van der Waals surface area (Å²) >= 11 is 0. The second kappa shape index (κ2) is 16.4. The van der Waals surface area contributed by atoms with Crippen molar-refractivity contribution in [3.63, 3.8) is 0 Å². The first kappa shape index (κ1) is 39.2. The van der Waals surface area contributed by atoms with Crippen LogP contribution in [0.1, 0.15) is 0 Å². The van der Waals surface area contributed by atoms with Crippen LogP contribution in [-0.4, -0.2) is 19.5 Å². The van der Waals surface area contributed by atoms with Crippen molar-refractivity contribution in [1.82, 2.24) is 19.5 Å². The van der Waals surface area contributed by atoms with Gasteiger partial charge in [0.15, 0.2) is 17.5 Å². The van der Waals surface area contributed by atoms with E-state index in [9.17, 15) is 0 Å². The van der Waals surface area contributed by atoms with Crippen LogP contribution < -0.4 is 0 Å². The lowest BCUT2D eigenvalue weighted by Crippen LogP contribution is -2.01. The van der Waals surface area contributed by atoms with Crippen molar-refractivity contribution in [3.05, 3.63) is 243 Å². The third kappa shape index (κ3) is 6.84. The van der Waals surface area contributed by atoms with Crippen LogP contribution in [0.15, 0.2) is 247 Å². The van der Waals surface area contributed by atoms with Gasteiger partial charge < -0.3 is 8.98 Å². The first-order valence-corrected chi connectivity index (χ1v) is 22.9.